The molecule has 0 unspecified atom stereocenters. The van der Waals surface area contributed by atoms with Crippen molar-refractivity contribution in [2.24, 2.45) is 7.05 Å². The lowest BCUT2D eigenvalue weighted by Gasteiger charge is -2.08. The van der Waals surface area contributed by atoms with E-state index in [1.807, 2.05) is 0 Å². The fraction of sp³-hybridized carbons (Fsp3) is 0.161. The Morgan fingerprint density at radius 3 is 1.65 bits per heavy atom. The molecule has 0 aliphatic heterocycles. The van der Waals surface area contributed by atoms with Crippen molar-refractivity contribution in [3.05, 3.63) is 68.1 Å². The molecule has 0 saturated carbocycles. The van der Waals surface area contributed by atoms with Gasteiger partial charge in [-0.2, -0.15) is 15.0 Å². The van der Waals surface area contributed by atoms with Crippen LogP contribution in [-0.4, -0.2) is 15.0 Å². The Bertz CT molecular complexity index is 2090. The van der Waals surface area contributed by atoms with Gasteiger partial charge in [-0.3, -0.25) is 0 Å². The van der Waals surface area contributed by atoms with Crippen molar-refractivity contribution in [3.63, 3.8) is 0 Å². The number of fused-ring (bicyclic) bond motifs is 5. The lowest BCUT2D eigenvalue weighted by atomic mass is 10.0. The van der Waals surface area contributed by atoms with Gasteiger partial charge in [0.25, 0.3) is 0 Å². The summed E-state index contributed by atoms with van der Waals surface area (Å²) in [6.45, 7) is 8.62. The third-order valence-corrected chi connectivity index (χ3v) is 13.1. The molecule has 0 radical (unpaired) electrons. The standard InChI is InChI=1S/C31H21ClFN3S4/c1-12-16-6-8-37-28(16)14(3)18-10-20(39-30(12)18)22-24(32)25(33)23(27-26(22)34-36(5)35-27)21-11-19-15(4)29-17(7-9-38-29)13(2)31(19)40-21/h6-11H,1-5H3. The van der Waals surface area contributed by atoms with Crippen molar-refractivity contribution in [2.75, 3.05) is 0 Å². The van der Waals surface area contributed by atoms with Crippen LogP contribution in [0, 0.1) is 33.5 Å². The van der Waals surface area contributed by atoms with Gasteiger partial charge in [0.15, 0.2) is 5.82 Å². The van der Waals surface area contributed by atoms with Gasteiger partial charge >= 0.3 is 0 Å². The van der Waals surface area contributed by atoms with E-state index >= 15 is 4.39 Å². The van der Waals surface area contributed by atoms with Crippen LogP contribution in [0.5, 0.6) is 0 Å². The van der Waals surface area contributed by atoms with Gasteiger partial charge in [0.1, 0.15) is 11.0 Å². The number of rotatable bonds is 2. The number of aryl methyl sites for hydroxylation is 5. The number of halogens is 2. The van der Waals surface area contributed by atoms with Crippen LogP contribution in [0.1, 0.15) is 22.3 Å². The molecule has 198 valence electrons. The molecule has 8 aromatic rings. The van der Waals surface area contributed by atoms with Crippen molar-refractivity contribution in [1.29, 1.82) is 0 Å². The van der Waals surface area contributed by atoms with Gasteiger partial charge in [-0.15, -0.1) is 45.3 Å². The second kappa shape index (κ2) is 8.57. The zero-order valence-corrected chi connectivity index (χ0v) is 26.2. The lowest BCUT2D eigenvalue weighted by molar-refractivity contribution is 0.633. The van der Waals surface area contributed by atoms with Crippen molar-refractivity contribution >= 4 is 108 Å². The second-order valence-corrected chi connectivity index (χ2v) is 14.6. The smallest absolute Gasteiger partial charge is 0.153 e. The number of benzene rings is 3. The SMILES string of the molecule is Cc1c2cc(-c3c(F)c(Cl)c(-c4cc5c(C)c6sccc6c(C)c5s4)c4nn(C)nc34)sc2c(C)c2ccsc12. The zero-order valence-electron chi connectivity index (χ0n) is 22.2. The van der Waals surface area contributed by atoms with Gasteiger partial charge in [-0.1, -0.05) is 11.6 Å². The zero-order chi connectivity index (χ0) is 27.6. The molecule has 8 rings (SSSR count). The van der Waals surface area contributed by atoms with E-state index in [0.29, 0.717) is 22.2 Å². The first-order valence-corrected chi connectivity index (χ1v) is 16.5. The normalized spacial score (nSPS) is 12.4. The van der Waals surface area contributed by atoms with E-state index in [9.17, 15) is 0 Å². The minimum absolute atomic E-state index is 0.0959. The molecule has 0 N–H and O–H groups in total. The predicted molar refractivity (Wildman–Crippen MR) is 175 cm³/mol. The van der Waals surface area contributed by atoms with E-state index in [1.165, 1.54) is 62.0 Å². The van der Waals surface area contributed by atoms with Crippen LogP contribution in [-0.2, 0) is 7.05 Å². The minimum atomic E-state index is -0.444. The van der Waals surface area contributed by atoms with Crippen LogP contribution in [0.4, 0.5) is 4.39 Å². The van der Waals surface area contributed by atoms with E-state index < -0.39 is 5.82 Å². The maximum atomic E-state index is 16.5. The van der Waals surface area contributed by atoms with E-state index in [1.54, 1.807) is 52.4 Å². The molecule has 3 aromatic carbocycles. The summed E-state index contributed by atoms with van der Waals surface area (Å²) in [4.78, 5) is 3.24. The molecule has 40 heavy (non-hydrogen) atoms. The summed E-state index contributed by atoms with van der Waals surface area (Å²) in [5, 5.41) is 18.7. The van der Waals surface area contributed by atoms with Crippen molar-refractivity contribution in [3.8, 4) is 20.9 Å². The van der Waals surface area contributed by atoms with Gasteiger partial charge in [0.2, 0.25) is 0 Å². The fourth-order valence-corrected chi connectivity index (χ4v) is 10.9. The van der Waals surface area contributed by atoms with Crippen molar-refractivity contribution < 1.29 is 4.39 Å². The highest BCUT2D eigenvalue weighted by atomic mass is 35.5. The second-order valence-electron chi connectivity index (χ2n) is 10.3. The van der Waals surface area contributed by atoms with Gasteiger partial charge in [-0.25, -0.2) is 4.39 Å². The molecule has 0 aliphatic carbocycles. The number of thiophene rings is 4. The molecule has 0 aliphatic rings. The average Bonchev–Trinajstić information content (AvgIpc) is 3.74. The van der Waals surface area contributed by atoms with Crippen LogP contribution >= 0.6 is 56.9 Å². The van der Waals surface area contributed by atoms with E-state index in [-0.39, 0.29) is 5.02 Å². The van der Waals surface area contributed by atoms with E-state index in [4.69, 9.17) is 16.7 Å². The third-order valence-electron chi connectivity index (χ3n) is 8.08. The summed E-state index contributed by atoms with van der Waals surface area (Å²) < 4.78 is 21.5. The highest BCUT2D eigenvalue weighted by Gasteiger charge is 2.27. The van der Waals surface area contributed by atoms with Crippen molar-refractivity contribution in [2.45, 2.75) is 27.7 Å². The van der Waals surface area contributed by atoms with Crippen LogP contribution in [0.3, 0.4) is 0 Å². The number of aromatic nitrogens is 3. The topological polar surface area (TPSA) is 30.7 Å². The molecule has 0 spiro atoms. The van der Waals surface area contributed by atoms with E-state index in [0.717, 1.165) is 15.1 Å². The highest BCUT2D eigenvalue weighted by Crippen LogP contribution is 2.50. The Balaban J connectivity index is 1.42. The molecule has 0 bridgehead atoms. The van der Waals surface area contributed by atoms with Gasteiger partial charge < -0.3 is 0 Å². The lowest BCUT2D eigenvalue weighted by Crippen LogP contribution is -1.91. The molecule has 0 saturated heterocycles. The fourth-order valence-electron chi connectivity index (χ4n) is 6.04. The Morgan fingerprint density at radius 2 is 1.12 bits per heavy atom. The number of hydrogen-bond donors (Lipinski definition) is 0. The van der Waals surface area contributed by atoms with Crippen LogP contribution < -0.4 is 0 Å². The monoisotopic (exact) mass is 617 g/mol. The Kier molecular flexibility index (Phi) is 5.33. The van der Waals surface area contributed by atoms with Gasteiger partial charge in [-0.05, 0) is 107 Å². The summed E-state index contributed by atoms with van der Waals surface area (Å²) in [6, 6.07) is 8.60. The first-order chi connectivity index (χ1) is 19.2. The molecule has 9 heteroatoms. The average molecular weight is 618 g/mol. The summed E-state index contributed by atoms with van der Waals surface area (Å²) in [7, 11) is 1.78. The predicted octanol–water partition coefficient (Wildman–Crippen LogP) is 11.2. The highest BCUT2D eigenvalue weighted by molar-refractivity contribution is 7.24. The first kappa shape index (κ1) is 24.9. The Hall–Kier alpha value is -2.88. The first-order valence-electron chi connectivity index (χ1n) is 12.8. The third kappa shape index (κ3) is 3.20. The van der Waals surface area contributed by atoms with Gasteiger partial charge in [0.05, 0.1) is 10.6 Å². The maximum Gasteiger partial charge on any atom is 0.153 e. The summed E-state index contributed by atoms with van der Waals surface area (Å²) in [6.07, 6.45) is 0. The molecule has 5 heterocycles. The molecule has 3 nitrogen and oxygen atoms in total. The molecule has 0 fully saturated rings. The van der Waals surface area contributed by atoms with Crippen LogP contribution in [0.25, 0.3) is 72.3 Å². The largest absolute Gasteiger partial charge is 0.205 e. The Labute approximate surface area is 250 Å². The Morgan fingerprint density at radius 1 is 0.675 bits per heavy atom. The number of nitrogens with zero attached hydrogens (tertiary/aromatic N) is 3. The quantitative estimate of drug-likeness (QED) is 0.193. The summed E-state index contributed by atoms with van der Waals surface area (Å²) >= 11 is 13.7. The summed E-state index contributed by atoms with van der Waals surface area (Å²) in [5.74, 6) is -0.444. The van der Waals surface area contributed by atoms with E-state index in [2.05, 4.69) is 67.8 Å². The van der Waals surface area contributed by atoms with Crippen molar-refractivity contribution in [1.82, 2.24) is 15.0 Å². The molecule has 5 aromatic heterocycles. The molecular formula is C31H21ClFN3S4. The molecule has 0 atom stereocenters. The summed E-state index contributed by atoms with van der Waals surface area (Å²) in [5.41, 5.74) is 7.14. The number of hydrogen-bond acceptors (Lipinski definition) is 6. The maximum absolute atomic E-state index is 16.5. The molecular weight excluding hydrogens is 597 g/mol. The minimum Gasteiger partial charge on any atom is -0.205 e. The molecule has 0 amide bonds. The van der Waals surface area contributed by atoms with Crippen LogP contribution in [0.15, 0.2) is 35.0 Å². The van der Waals surface area contributed by atoms with Crippen LogP contribution in [0.2, 0.25) is 5.02 Å². The van der Waals surface area contributed by atoms with Gasteiger partial charge in [0, 0.05) is 41.2 Å².